The largest absolute Gasteiger partial charge is 0.356 e. The van der Waals surface area contributed by atoms with Crippen LogP contribution in [0.3, 0.4) is 0 Å². The first-order valence-electron chi connectivity index (χ1n) is 10.2. The van der Waals surface area contributed by atoms with E-state index in [0.29, 0.717) is 24.2 Å². The topological polar surface area (TPSA) is 94.6 Å². The Hall–Kier alpha value is -3.10. The monoisotopic (exact) mass is 392 g/mol. The van der Waals surface area contributed by atoms with Crippen molar-refractivity contribution >= 4 is 5.82 Å². The van der Waals surface area contributed by atoms with E-state index in [9.17, 15) is 4.79 Å². The number of anilines is 1. The minimum atomic E-state index is -0.0863. The van der Waals surface area contributed by atoms with Gasteiger partial charge in [0.25, 0.3) is 5.56 Å². The van der Waals surface area contributed by atoms with Crippen LogP contribution in [0.2, 0.25) is 0 Å². The second kappa shape index (κ2) is 7.38. The van der Waals surface area contributed by atoms with Crippen LogP contribution < -0.4 is 10.5 Å². The van der Waals surface area contributed by atoms with Crippen molar-refractivity contribution in [3.63, 3.8) is 0 Å². The molecular weight excluding hydrogens is 368 g/mol. The highest BCUT2D eigenvalue weighted by Crippen LogP contribution is 2.38. The van der Waals surface area contributed by atoms with Crippen LogP contribution >= 0.6 is 0 Å². The van der Waals surface area contributed by atoms with Crippen molar-refractivity contribution in [1.82, 2.24) is 34.5 Å². The van der Waals surface area contributed by atoms with E-state index >= 15 is 0 Å². The Morgan fingerprint density at radius 2 is 1.90 bits per heavy atom. The first-order chi connectivity index (χ1) is 14.2. The fourth-order valence-electron chi connectivity index (χ4n) is 3.87. The first-order valence-corrected chi connectivity index (χ1v) is 10.2. The lowest BCUT2D eigenvalue weighted by atomic mass is 9.97. The summed E-state index contributed by atoms with van der Waals surface area (Å²) < 4.78 is 3.12. The highest BCUT2D eigenvalue weighted by Gasteiger charge is 2.28. The van der Waals surface area contributed by atoms with Crippen LogP contribution in [0.5, 0.6) is 0 Å². The van der Waals surface area contributed by atoms with Gasteiger partial charge in [-0.15, -0.1) is 5.10 Å². The summed E-state index contributed by atoms with van der Waals surface area (Å²) in [6, 6.07) is 5.30. The van der Waals surface area contributed by atoms with E-state index in [1.54, 1.807) is 27.8 Å². The average Bonchev–Trinajstić information content (AvgIpc) is 3.44. The molecule has 0 bridgehead atoms. The van der Waals surface area contributed by atoms with E-state index in [1.165, 1.54) is 19.2 Å². The molecule has 5 rings (SSSR count). The SMILES string of the molecule is Cc1cc(N2CCC(Cn3nc(-n4cncn4)ccc3=O)CC2)nc(C2CC2)n1. The van der Waals surface area contributed by atoms with E-state index in [2.05, 4.69) is 31.1 Å². The number of hydrogen-bond acceptors (Lipinski definition) is 7. The highest BCUT2D eigenvalue weighted by molar-refractivity contribution is 5.41. The van der Waals surface area contributed by atoms with Crippen LogP contribution in [0.4, 0.5) is 5.82 Å². The molecule has 1 saturated carbocycles. The molecule has 3 aromatic rings. The maximum atomic E-state index is 12.3. The molecule has 1 aliphatic carbocycles. The zero-order valence-electron chi connectivity index (χ0n) is 16.5. The number of aryl methyl sites for hydroxylation is 1. The van der Waals surface area contributed by atoms with E-state index in [-0.39, 0.29) is 5.56 Å². The summed E-state index contributed by atoms with van der Waals surface area (Å²) in [6.45, 7) is 4.53. The molecule has 4 heterocycles. The Bertz CT molecular complexity index is 1050. The Morgan fingerprint density at radius 3 is 2.62 bits per heavy atom. The maximum absolute atomic E-state index is 12.3. The number of hydrogen-bond donors (Lipinski definition) is 0. The Labute approximate surface area is 168 Å². The van der Waals surface area contributed by atoms with Crippen molar-refractivity contribution in [1.29, 1.82) is 0 Å². The van der Waals surface area contributed by atoms with Crippen LogP contribution in [-0.4, -0.2) is 47.6 Å². The maximum Gasteiger partial charge on any atom is 0.266 e. The summed E-state index contributed by atoms with van der Waals surface area (Å²) >= 11 is 0. The van der Waals surface area contributed by atoms with Gasteiger partial charge >= 0.3 is 0 Å². The average molecular weight is 392 g/mol. The van der Waals surface area contributed by atoms with E-state index in [4.69, 9.17) is 4.98 Å². The smallest absolute Gasteiger partial charge is 0.266 e. The van der Waals surface area contributed by atoms with Gasteiger partial charge in [0, 0.05) is 43.4 Å². The standard InChI is InChI=1S/C20H24N8O/c1-14-10-18(24-20(23-14)16-2-3-16)26-8-6-15(7-9-26)11-27-19(29)5-4-17(25-27)28-13-21-12-22-28/h4-5,10,12-13,15-16H,2-3,6-9,11H2,1H3. The fourth-order valence-corrected chi connectivity index (χ4v) is 3.87. The number of rotatable bonds is 5. The molecule has 1 saturated heterocycles. The molecule has 29 heavy (non-hydrogen) atoms. The summed E-state index contributed by atoms with van der Waals surface area (Å²) in [6.07, 6.45) is 7.46. The Morgan fingerprint density at radius 1 is 1.07 bits per heavy atom. The van der Waals surface area contributed by atoms with Gasteiger partial charge in [-0.25, -0.2) is 24.3 Å². The zero-order chi connectivity index (χ0) is 19.8. The second-order valence-corrected chi connectivity index (χ2v) is 7.98. The van der Waals surface area contributed by atoms with Crippen molar-refractivity contribution < 1.29 is 0 Å². The first kappa shape index (κ1) is 18.0. The summed E-state index contributed by atoms with van der Waals surface area (Å²) in [4.78, 5) is 28.0. The number of aromatic nitrogens is 7. The number of nitrogens with zero attached hydrogens (tertiary/aromatic N) is 8. The third-order valence-corrected chi connectivity index (χ3v) is 5.68. The molecule has 0 N–H and O–H groups in total. The van der Waals surface area contributed by atoms with Crippen LogP contribution in [0.25, 0.3) is 5.82 Å². The van der Waals surface area contributed by atoms with Gasteiger partial charge in [0.15, 0.2) is 5.82 Å². The molecule has 150 valence electrons. The molecule has 0 spiro atoms. The zero-order valence-corrected chi connectivity index (χ0v) is 16.5. The van der Waals surface area contributed by atoms with Gasteiger partial charge in [-0.3, -0.25) is 4.79 Å². The molecule has 0 unspecified atom stereocenters. The highest BCUT2D eigenvalue weighted by atomic mass is 16.1. The van der Waals surface area contributed by atoms with Gasteiger partial charge in [0.1, 0.15) is 24.3 Å². The van der Waals surface area contributed by atoms with Gasteiger partial charge < -0.3 is 4.90 Å². The second-order valence-electron chi connectivity index (χ2n) is 7.98. The summed E-state index contributed by atoms with van der Waals surface area (Å²) in [5.74, 6) is 3.61. The molecule has 0 aromatic carbocycles. The van der Waals surface area contributed by atoms with Gasteiger partial charge in [0.2, 0.25) is 0 Å². The predicted octanol–water partition coefficient (Wildman–Crippen LogP) is 1.72. The van der Waals surface area contributed by atoms with Crippen molar-refractivity contribution in [2.24, 2.45) is 5.92 Å². The van der Waals surface area contributed by atoms with Crippen molar-refractivity contribution in [2.45, 2.75) is 45.1 Å². The minimum absolute atomic E-state index is 0.0863. The lowest BCUT2D eigenvalue weighted by Gasteiger charge is -2.33. The molecule has 3 aromatic heterocycles. The van der Waals surface area contributed by atoms with Crippen molar-refractivity contribution in [3.05, 3.63) is 52.7 Å². The molecule has 2 aliphatic rings. The van der Waals surface area contributed by atoms with Gasteiger partial charge in [-0.1, -0.05) is 0 Å². The summed E-state index contributed by atoms with van der Waals surface area (Å²) in [5.41, 5.74) is 0.955. The number of piperidine rings is 1. The van der Waals surface area contributed by atoms with Crippen LogP contribution in [-0.2, 0) is 6.54 Å². The molecular formula is C20H24N8O. The predicted molar refractivity (Wildman–Crippen MR) is 107 cm³/mol. The van der Waals surface area contributed by atoms with Gasteiger partial charge in [-0.05, 0) is 44.6 Å². The van der Waals surface area contributed by atoms with E-state index in [1.807, 2.05) is 6.92 Å². The van der Waals surface area contributed by atoms with Crippen LogP contribution in [0, 0.1) is 12.8 Å². The minimum Gasteiger partial charge on any atom is -0.356 e. The third kappa shape index (κ3) is 3.90. The molecule has 9 heteroatoms. The molecule has 2 fully saturated rings. The lowest BCUT2D eigenvalue weighted by Crippen LogP contribution is -2.37. The third-order valence-electron chi connectivity index (χ3n) is 5.68. The molecule has 9 nitrogen and oxygen atoms in total. The Balaban J connectivity index is 1.26. The van der Waals surface area contributed by atoms with Crippen molar-refractivity contribution in [2.75, 3.05) is 18.0 Å². The van der Waals surface area contributed by atoms with Crippen LogP contribution in [0.1, 0.15) is 43.1 Å². The van der Waals surface area contributed by atoms with Gasteiger partial charge in [0.05, 0.1) is 0 Å². The molecule has 1 aliphatic heterocycles. The van der Waals surface area contributed by atoms with Crippen LogP contribution in [0.15, 0.2) is 35.6 Å². The lowest BCUT2D eigenvalue weighted by molar-refractivity contribution is 0.333. The molecule has 0 amide bonds. The molecule has 0 atom stereocenters. The normalized spacial score (nSPS) is 17.6. The van der Waals surface area contributed by atoms with E-state index in [0.717, 1.165) is 43.3 Å². The quantitative estimate of drug-likeness (QED) is 0.652. The van der Waals surface area contributed by atoms with Gasteiger partial charge in [-0.2, -0.15) is 5.10 Å². The van der Waals surface area contributed by atoms with E-state index < -0.39 is 0 Å². The fraction of sp³-hybridized carbons (Fsp3) is 0.500. The van der Waals surface area contributed by atoms with Crippen molar-refractivity contribution in [3.8, 4) is 5.82 Å². The Kier molecular flexibility index (Phi) is 4.57. The molecule has 0 radical (unpaired) electrons. The summed E-state index contributed by atoms with van der Waals surface area (Å²) in [5, 5.41) is 8.55. The summed E-state index contributed by atoms with van der Waals surface area (Å²) in [7, 11) is 0.